The monoisotopic (exact) mass is 350 g/mol. The van der Waals surface area contributed by atoms with Gasteiger partial charge in [0.1, 0.15) is 6.10 Å². The molecule has 0 amide bonds. The van der Waals surface area contributed by atoms with Gasteiger partial charge in [-0.1, -0.05) is 64.2 Å². The highest BCUT2D eigenvalue weighted by molar-refractivity contribution is 5.95. The number of hydrogen-bond acceptors (Lipinski definition) is 3. The molecule has 0 spiro atoms. The highest BCUT2D eigenvalue weighted by Gasteiger charge is 2.43. The van der Waals surface area contributed by atoms with Gasteiger partial charge in [0, 0.05) is 0 Å². The topological polar surface area (TPSA) is 66.9 Å². The van der Waals surface area contributed by atoms with E-state index in [1.54, 1.807) is 13.0 Å². The molecule has 142 valence electrons. The Morgan fingerprint density at radius 1 is 1.08 bits per heavy atom. The van der Waals surface area contributed by atoms with Crippen molar-refractivity contribution in [3.05, 3.63) is 24.3 Å². The summed E-state index contributed by atoms with van der Waals surface area (Å²) in [6.07, 6.45) is 18.3. The molecule has 1 aliphatic heterocycles. The molecular formula is C21H34O4. The quantitative estimate of drug-likeness (QED) is 0.194. The van der Waals surface area contributed by atoms with Crippen LogP contribution in [0.2, 0.25) is 0 Å². The average Bonchev–Trinajstić information content (AvgIpc) is 3.37. The number of ether oxygens (including phenoxy) is 1. The summed E-state index contributed by atoms with van der Waals surface area (Å²) in [4.78, 5) is 22.7. The van der Waals surface area contributed by atoms with E-state index in [1.807, 2.05) is 6.08 Å². The van der Waals surface area contributed by atoms with Crippen LogP contribution in [0.4, 0.5) is 0 Å². The van der Waals surface area contributed by atoms with E-state index in [1.165, 1.54) is 38.5 Å². The molecule has 0 aliphatic carbocycles. The third-order valence-corrected chi connectivity index (χ3v) is 4.61. The molecule has 3 atom stereocenters. The zero-order chi connectivity index (χ0) is 18.5. The number of unbranched alkanes of at least 4 members (excludes halogenated alkanes) is 6. The van der Waals surface area contributed by atoms with Crippen LogP contribution in [-0.2, 0) is 14.3 Å². The summed E-state index contributed by atoms with van der Waals surface area (Å²) < 4.78 is 5.35. The summed E-state index contributed by atoms with van der Waals surface area (Å²) in [5.41, 5.74) is 0. The van der Waals surface area contributed by atoms with Crippen LogP contribution in [0.25, 0.3) is 0 Å². The van der Waals surface area contributed by atoms with Gasteiger partial charge < -0.3 is 9.84 Å². The molecule has 0 saturated carbocycles. The van der Waals surface area contributed by atoms with Gasteiger partial charge in [0.2, 0.25) is 0 Å². The maximum Gasteiger partial charge on any atom is 0.306 e. The van der Waals surface area contributed by atoms with E-state index < -0.39 is 5.97 Å². The normalized spacial score (nSPS) is 21.0. The van der Waals surface area contributed by atoms with Gasteiger partial charge in [-0.3, -0.25) is 9.59 Å². The zero-order valence-corrected chi connectivity index (χ0v) is 15.8. The van der Waals surface area contributed by atoms with E-state index >= 15 is 0 Å². The Labute approximate surface area is 152 Å². The Morgan fingerprint density at radius 2 is 1.80 bits per heavy atom. The Hall–Kier alpha value is -1.42. The van der Waals surface area contributed by atoms with Crippen molar-refractivity contribution in [2.45, 2.75) is 90.3 Å². The van der Waals surface area contributed by atoms with Gasteiger partial charge in [-0.05, 0) is 38.2 Å². The van der Waals surface area contributed by atoms with Crippen molar-refractivity contribution in [3.63, 3.8) is 0 Å². The van der Waals surface area contributed by atoms with Crippen molar-refractivity contribution in [2.24, 2.45) is 5.92 Å². The molecule has 0 aromatic carbocycles. The first-order valence-electron chi connectivity index (χ1n) is 9.79. The van der Waals surface area contributed by atoms with Crippen molar-refractivity contribution < 1.29 is 19.4 Å². The van der Waals surface area contributed by atoms with Crippen LogP contribution in [0, 0.1) is 5.92 Å². The molecule has 4 heteroatoms. The molecule has 1 fully saturated rings. The largest absolute Gasteiger partial charge is 0.481 e. The number of ketones is 1. The number of aliphatic carboxylic acids is 1. The van der Waals surface area contributed by atoms with Crippen LogP contribution in [0.15, 0.2) is 24.3 Å². The summed E-state index contributed by atoms with van der Waals surface area (Å²) in [5.74, 6) is -1.18. The summed E-state index contributed by atoms with van der Waals surface area (Å²) in [6, 6.07) is 0. The maximum absolute atomic E-state index is 11.9. The van der Waals surface area contributed by atoms with Crippen LogP contribution in [0.5, 0.6) is 0 Å². The van der Waals surface area contributed by atoms with Crippen LogP contribution < -0.4 is 0 Å². The predicted molar refractivity (Wildman–Crippen MR) is 101 cm³/mol. The van der Waals surface area contributed by atoms with Gasteiger partial charge >= 0.3 is 5.97 Å². The van der Waals surface area contributed by atoms with E-state index in [2.05, 4.69) is 19.1 Å². The number of allylic oxidation sites excluding steroid dienone is 3. The van der Waals surface area contributed by atoms with E-state index in [9.17, 15) is 9.59 Å². The third-order valence-electron chi connectivity index (χ3n) is 4.61. The number of carboxylic acids is 1. The number of carbonyl (C=O) groups excluding carboxylic acids is 1. The molecule has 1 heterocycles. The Morgan fingerprint density at radius 3 is 2.52 bits per heavy atom. The van der Waals surface area contributed by atoms with E-state index in [0.29, 0.717) is 12.8 Å². The van der Waals surface area contributed by atoms with Gasteiger partial charge in [0.25, 0.3) is 0 Å². The molecule has 1 N–H and O–H groups in total. The summed E-state index contributed by atoms with van der Waals surface area (Å²) in [7, 11) is 0. The minimum absolute atomic E-state index is 0.00250. The van der Waals surface area contributed by atoms with E-state index in [0.717, 1.165) is 12.8 Å². The van der Waals surface area contributed by atoms with Crippen molar-refractivity contribution in [2.75, 3.05) is 0 Å². The number of hydrogen-bond donors (Lipinski definition) is 1. The second kappa shape index (κ2) is 12.9. The lowest BCUT2D eigenvalue weighted by atomic mass is 10.0. The molecule has 1 rings (SSSR count). The molecule has 1 saturated heterocycles. The smallest absolute Gasteiger partial charge is 0.306 e. The molecule has 1 aliphatic rings. The van der Waals surface area contributed by atoms with Crippen molar-refractivity contribution in [1.82, 2.24) is 0 Å². The Bertz CT molecular complexity index is 453. The summed E-state index contributed by atoms with van der Waals surface area (Å²) >= 11 is 0. The van der Waals surface area contributed by atoms with Crippen LogP contribution in [0.3, 0.4) is 0 Å². The highest BCUT2D eigenvalue weighted by Crippen LogP contribution is 2.29. The Balaban J connectivity index is 2.02. The number of carbonyl (C=O) groups is 2. The average molecular weight is 350 g/mol. The lowest BCUT2D eigenvalue weighted by Crippen LogP contribution is -2.12. The minimum Gasteiger partial charge on any atom is -0.481 e. The fourth-order valence-corrected chi connectivity index (χ4v) is 2.76. The fraction of sp³-hybridized carbons (Fsp3) is 0.714. The van der Waals surface area contributed by atoms with Crippen molar-refractivity contribution >= 4 is 11.8 Å². The van der Waals surface area contributed by atoms with Gasteiger partial charge in [-0.2, -0.15) is 0 Å². The van der Waals surface area contributed by atoms with E-state index in [4.69, 9.17) is 9.84 Å². The van der Waals surface area contributed by atoms with Crippen molar-refractivity contribution in [3.8, 4) is 0 Å². The second-order valence-electron chi connectivity index (χ2n) is 6.98. The highest BCUT2D eigenvalue weighted by atomic mass is 16.6. The van der Waals surface area contributed by atoms with Gasteiger partial charge in [-0.15, -0.1) is 0 Å². The first-order valence-corrected chi connectivity index (χ1v) is 9.79. The molecule has 0 aromatic heterocycles. The van der Waals surface area contributed by atoms with Crippen molar-refractivity contribution in [1.29, 1.82) is 0 Å². The molecule has 4 nitrogen and oxygen atoms in total. The minimum atomic E-state index is -0.795. The molecule has 3 unspecified atom stereocenters. The zero-order valence-electron chi connectivity index (χ0n) is 15.8. The van der Waals surface area contributed by atoms with E-state index in [-0.39, 0.29) is 23.9 Å². The molecule has 0 bridgehead atoms. The fourth-order valence-electron chi connectivity index (χ4n) is 2.76. The SMILES string of the molecule is CCCCCCCC/C=C\C/C=C\C(=O)C1OC1CCC(C)C(=O)O. The second-order valence-corrected chi connectivity index (χ2v) is 6.98. The molecule has 0 radical (unpaired) electrons. The lowest BCUT2D eigenvalue weighted by molar-refractivity contribution is -0.141. The standard InChI is InChI=1S/C21H34O4/c1-3-4-5-6-7-8-9-10-11-12-13-14-18(22)20-19(25-20)16-15-17(2)21(23)24/h10-11,13-14,17,19-20H,3-9,12,15-16H2,1-2H3,(H,23,24)/b11-10-,14-13-. The van der Waals surface area contributed by atoms with Gasteiger partial charge in [0.05, 0.1) is 12.0 Å². The molecule has 0 aromatic rings. The number of rotatable bonds is 15. The molecule has 25 heavy (non-hydrogen) atoms. The lowest BCUT2D eigenvalue weighted by Gasteiger charge is -2.02. The van der Waals surface area contributed by atoms with Gasteiger partial charge in [0.15, 0.2) is 5.78 Å². The third kappa shape index (κ3) is 10.2. The van der Waals surface area contributed by atoms with Crippen LogP contribution in [-0.4, -0.2) is 29.1 Å². The van der Waals surface area contributed by atoms with Gasteiger partial charge in [-0.25, -0.2) is 0 Å². The van der Waals surface area contributed by atoms with Crippen LogP contribution in [0.1, 0.15) is 78.1 Å². The molecular weight excluding hydrogens is 316 g/mol. The predicted octanol–water partition coefficient (Wildman–Crippen LogP) is 5.08. The first kappa shape index (κ1) is 21.6. The number of epoxide rings is 1. The maximum atomic E-state index is 11.9. The summed E-state index contributed by atoms with van der Waals surface area (Å²) in [6.45, 7) is 3.91. The summed E-state index contributed by atoms with van der Waals surface area (Å²) in [5, 5.41) is 8.83. The number of carboxylic acid groups (broad SMARTS) is 1. The van der Waals surface area contributed by atoms with Crippen LogP contribution >= 0.6 is 0 Å². The Kier molecular flexibility index (Phi) is 11.1. The first-order chi connectivity index (χ1) is 12.1.